The van der Waals surface area contributed by atoms with E-state index in [-0.39, 0.29) is 0 Å². The maximum absolute atomic E-state index is 3.44. The molecule has 1 aliphatic rings. The monoisotopic (exact) mass is 185 g/mol. The lowest BCUT2D eigenvalue weighted by Crippen LogP contribution is -2.33. The molecule has 0 atom stereocenters. The van der Waals surface area contributed by atoms with E-state index >= 15 is 0 Å². The quantitative estimate of drug-likeness (QED) is 0.558. The van der Waals surface area contributed by atoms with Crippen molar-refractivity contribution in [1.29, 1.82) is 0 Å². The van der Waals surface area contributed by atoms with E-state index in [1.54, 1.807) is 0 Å². The highest BCUT2D eigenvalue weighted by Crippen LogP contribution is 2.05. The zero-order valence-electron chi connectivity index (χ0n) is 8.81. The molecule has 1 fully saturated rings. The summed E-state index contributed by atoms with van der Waals surface area (Å²) < 4.78 is 0. The summed E-state index contributed by atoms with van der Waals surface area (Å²) in [7, 11) is 0. The highest BCUT2D eigenvalue weighted by Gasteiger charge is 2.09. The summed E-state index contributed by atoms with van der Waals surface area (Å²) in [5.74, 6) is 0. The van der Waals surface area contributed by atoms with Crippen molar-refractivity contribution in [2.24, 2.45) is 0 Å². The predicted octanol–water partition coefficient (Wildman–Crippen LogP) is 0.281. The molecule has 0 spiro atoms. The molecule has 0 bridgehead atoms. The molecular weight excluding hydrogens is 162 g/mol. The van der Waals surface area contributed by atoms with Crippen LogP contribution in [0.2, 0.25) is 0 Å². The fourth-order valence-corrected chi connectivity index (χ4v) is 1.72. The second-order valence-corrected chi connectivity index (χ2v) is 3.65. The average Bonchev–Trinajstić information content (AvgIpc) is 2.63. The molecule has 78 valence electrons. The molecule has 3 heteroatoms. The first-order chi connectivity index (χ1) is 6.43. The van der Waals surface area contributed by atoms with Gasteiger partial charge in [0.1, 0.15) is 0 Å². The van der Waals surface area contributed by atoms with Gasteiger partial charge in [0.05, 0.1) is 0 Å². The highest BCUT2D eigenvalue weighted by atomic mass is 15.1. The van der Waals surface area contributed by atoms with E-state index in [4.69, 9.17) is 0 Å². The first-order valence-electron chi connectivity index (χ1n) is 5.57. The van der Waals surface area contributed by atoms with Crippen molar-refractivity contribution in [2.75, 3.05) is 45.8 Å². The number of nitrogens with one attached hydrogen (secondary N) is 2. The summed E-state index contributed by atoms with van der Waals surface area (Å²) in [5, 5.41) is 6.74. The van der Waals surface area contributed by atoms with Crippen molar-refractivity contribution >= 4 is 0 Å². The van der Waals surface area contributed by atoms with Gasteiger partial charge in [-0.1, -0.05) is 6.92 Å². The van der Waals surface area contributed by atoms with E-state index in [1.165, 1.54) is 32.5 Å². The van der Waals surface area contributed by atoms with Gasteiger partial charge in [-0.2, -0.15) is 0 Å². The minimum Gasteiger partial charge on any atom is -0.316 e. The molecule has 1 aliphatic heterocycles. The van der Waals surface area contributed by atoms with Gasteiger partial charge in [-0.05, 0) is 32.5 Å². The van der Waals surface area contributed by atoms with Crippen LogP contribution < -0.4 is 10.6 Å². The molecule has 0 aliphatic carbocycles. The van der Waals surface area contributed by atoms with Crippen LogP contribution in [0.5, 0.6) is 0 Å². The lowest BCUT2D eigenvalue weighted by atomic mass is 10.4. The van der Waals surface area contributed by atoms with Crippen molar-refractivity contribution in [3.63, 3.8) is 0 Å². The third kappa shape index (κ3) is 5.24. The molecule has 1 heterocycles. The molecule has 13 heavy (non-hydrogen) atoms. The zero-order chi connectivity index (χ0) is 9.36. The minimum absolute atomic E-state index is 1.08. The fraction of sp³-hybridized carbons (Fsp3) is 1.00. The Morgan fingerprint density at radius 3 is 2.38 bits per heavy atom. The Balaban J connectivity index is 1.78. The maximum Gasteiger partial charge on any atom is 0.0107 e. The summed E-state index contributed by atoms with van der Waals surface area (Å²) in [6.45, 7) is 10.4. The van der Waals surface area contributed by atoms with Crippen LogP contribution >= 0.6 is 0 Å². The Morgan fingerprint density at radius 2 is 1.69 bits per heavy atom. The van der Waals surface area contributed by atoms with Gasteiger partial charge in [-0.25, -0.2) is 0 Å². The molecule has 3 nitrogen and oxygen atoms in total. The average molecular weight is 185 g/mol. The lowest BCUT2D eigenvalue weighted by molar-refractivity contribution is 0.336. The second kappa shape index (κ2) is 7.30. The normalized spacial score (nSPS) is 18.2. The first-order valence-corrected chi connectivity index (χ1v) is 5.57. The van der Waals surface area contributed by atoms with E-state index in [1.807, 2.05) is 0 Å². The molecule has 2 N–H and O–H groups in total. The van der Waals surface area contributed by atoms with Crippen molar-refractivity contribution in [1.82, 2.24) is 15.5 Å². The van der Waals surface area contributed by atoms with Gasteiger partial charge in [-0.15, -0.1) is 0 Å². The molecule has 0 radical (unpaired) electrons. The standard InChI is InChI=1S/C10H23N3/c1-2-11-5-6-12-7-10-13-8-3-4-9-13/h11-12H,2-10H2,1H3. The van der Waals surface area contributed by atoms with E-state index in [2.05, 4.69) is 22.5 Å². The van der Waals surface area contributed by atoms with Crippen LogP contribution in [0.3, 0.4) is 0 Å². The summed E-state index contributed by atoms with van der Waals surface area (Å²) in [5.41, 5.74) is 0. The second-order valence-electron chi connectivity index (χ2n) is 3.65. The van der Waals surface area contributed by atoms with Crippen molar-refractivity contribution in [2.45, 2.75) is 19.8 Å². The van der Waals surface area contributed by atoms with Gasteiger partial charge < -0.3 is 15.5 Å². The number of likely N-dealkylation sites (N-methyl/N-ethyl adjacent to an activating group) is 1. The molecule has 0 aromatic heterocycles. The van der Waals surface area contributed by atoms with Crippen LogP contribution in [0.15, 0.2) is 0 Å². The van der Waals surface area contributed by atoms with Gasteiger partial charge >= 0.3 is 0 Å². The number of hydrogen-bond donors (Lipinski definition) is 2. The van der Waals surface area contributed by atoms with Crippen LogP contribution in [0.4, 0.5) is 0 Å². The van der Waals surface area contributed by atoms with Gasteiger partial charge in [0, 0.05) is 26.2 Å². The SMILES string of the molecule is CCNCCNCCN1CCCC1. The third-order valence-electron chi connectivity index (χ3n) is 2.53. The lowest BCUT2D eigenvalue weighted by Gasteiger charge is -2.14. The van der Waals surface area contributed by atoms with E-state index < -0.39 is 0 Å². The van der Waals surface area contributed by atoms with Crippen LogP contribution in [-0.4, -0.2) is 50.7 Å². The van der Waals surface area contributed by atoms with Crippen molar-refractivity contribution in [3.8, 4) is 0 Å². The molecule has 1 saturated heterocycles. The zero-order valence-corrected chi connectivity index (χ0v) is 8.81. The molecule has 0 unspecified atom stereocenters. The Kier molecular flexibility index (Phi) is 6.15. The molecule has 0 amide bonds. The van der Waals surface area contributed by atoms with E-state index in [0.29, 0.717) is 0 Å². The highest BCUT2D eigenvalue weighted by molar-refractivity contribution is 4.66. The number of rotatable bonds is 7. The Morgan fingerprint density at radius 1 is 1.00 bits per heavy atom. The minimum atomic E-state index is 1.08. The molecule has 0 saturated carbocycles. The molecule has 0 aromatic carbocycles. The Hall–Kier alpha value is -0.120. The molecule has 1 rings (SSSR count). The fourth-order valence-electron chi connectivity index (χ4n) is 1.72. The first kappa shape index (κ1) is 11.0. The largest absolute Gasteiger partial charge is 0.316 e. The topological polar surface area (TPSA) is 27.3 Å². The number of likely N-dealkylation sites (tertiary alicyclic amines) is 1. The maximum atomic E-state index is 3.44. The third-order valence-corrected chi connectivity index (χ3v) is 2.53. The van der Waals surface area contributed by atoms with E-state index in [0.717, 1.165) is 26.2 Å². The van der Waals surface area contributed by atoms with Gasteiger partial charge in [0.25, 0.3) is 0 Å². The summed E-state index contributed by atoms with van der Waals surface area (Å²) >= 11 is 0. The van der Waals surface area contributed by atoms with Gasteiger partial charge in [0.2, 0.25) is 0 Å². The van der Waals surface area contributed by atoms with Crippen molar-refractivity contribution < 1.29 is 0 Å². The number of hydrogen-bond acceptors (Lipinski definition) is 3. The van der Waals surface area contributed by atoms with Crippen LogP contribution in [0, 0.1) is 0 Å². The molecule has 0 aromatic rings. The summed E-state index contributed by atoms with van der Waals surface area (Å²) in [4.78, 5) is 2.54. The Bertz CT molecular complexity index is 111. The Labute approximate surface area is 81.9 Å². The van der Waals surface area contributed by atoms with Crippen LogP contribution in [0.25, 0.3) is 0 Å². The predicted molar refractivity (Wildman–Crippen MR) is 57.1 cm³/mol. The molecular formula is C10H23N3. The van der Waals surface area contributed by atoms with Crippen LogP contribution in [0.1, 0.15) is 19.8 Å². The number of nitrogens with zero attached hydrogens (tertiary/aromatic N) is 1. The van der Waals surface area contributed by atoms with Gasteiger partial charge in [0.15, 0.2) is 0 Å². The summed E-state index contributed by atoms with van der Waals surface area (Å²) in [6, 6.07) is 0. The smallest absolute Gasteiger partial charge is 0.0107 e. The van der Waals surface area contributed by atoms with Crippen LogP contribution in [-0.2, 0) is 0 Å². The van der Waals surface area contributed by atoms with Gasteiger partial charge in [-0.3, -0.25) is 0 Å². The van der Waals surface area contributed by atoms with E-state index in [9.17, 15) is 0 Å². The van der Waals surface area contributed by atoms with Crippen molar-refractivity contribution in [3.05, 3.63) is 0 Å². The summed E-state index contributed by atoms with van der Waals surface area (Å²) in [6.07, 6.45) is 2.80.